The number of ether oxygens (including phenoxy) is 1. The molecular formula is C16H20FN5O4S2. The van der Waals surface area contributed by atoms with Gasteiger partial charge in [-0.3, -0.25) is 4.79 Å². The lowest BCUT2D eigenvalue weighted by atomic mass is 10.2. The van der Waals surface area contributed by atoms with Crippen LogP contribution in [0.4, 0.5) is 4.39 Å². The van der Waals surface area contributed by atoms with Gasteiger partial charge in [0.25, 0.3) is 0 Å². The maximum Gasteiger partial charge on any atom is 0.233 e. The number of nitrogens with zero attached hydrogens (tertiary/aromatic N) is 4. The van der Waals surface area contributed by atoms with Crippen LogP contribution < -0.4 is 10.6 Å². The van der Waals surface area contributed by atoms with Crippen molar-refractivity contribution < 1.29 is 22.3 Å². The fraction of sp³-hybridized carbons (Fsp3) is 0.438. The minimum absolute atomic E-state index is 0.00941. The first kappa shape index (κ1) is 20.4. The smallest absolute Gasteiger partial charge is 0.233 e. The van der Waals surface area contributed by atoms with Crippen LogP contribution in [0.15, 0.2) is 29.4 Å². The molecule has 1 amide bonds. The van der Waals surface area contributed by atoms with E-state index in [2.05, 4.69) is 10.2 Å². The maximum absolute atomic E-state index is 13.6. The number of sulfone groups is 1. The van der Waals surface area contributed by atoms with Gasteiger partial charge in [-0.15, -0.1) is 10.2 Å². The standard InChI is InChI=1S/C16H20FN5O4S2/c1-21(11-6-7-28(24,25)10-11)15(23)9-27-16-20-19-14(22(16)18)8-26-13-5-3-2-4-12(13)17/h2-5,11H,6-10,18H2,1H3/t11-/m0/s1. The molecule has 0 unspecified atom stereocenters. The van der Waals surface area contributed by atoms with Gasteiger partial charge >= 0.3 is 0 Å². The number of nitrogens with two attached hydrogens (primary N) is 1. The molecule has 152 valence electrons. The Labute approximate surface area is 165 Å². The summed E-state index contributed by atoms with van der Waals surface area (Å²) in [4.78, 5) is 13.8. The van der Waals surface area contributed by atoms with Crippen LogP contribution in [0, 0.1) is 5.82 Å². The van der Waals surface area contributed by atoms with E-state index >= 15 is 0 Å². The second kappa shape index (κ2) is 8.35. The number of hydrogen-bond acceptors (Lipinski definition) is 8. The maximum atomic E-state index is 13.6. The number of para-hydroxylation sites is 1. The van der Waals surface area contributed by atoms with E-state index in [1.165, 1.54) is 21.7 Å². The number of carbonyl (C=O) groups is 1. The van der Waals surface area contributed by atoms with Crippen molar-refractivity contribution in [2.75, 3.05) is 30.1 Å². The summed E-state index contributed by atoms with van der Waals surface area (Å²) in [7, 11) is -1.47. The zero-order valence-electron chi connectivity index (χ0n) is 15.1. The summed E-state index contributed by atoms with van der Waals surface area (Å²) in [6.45, 7) is -0.0845. The van der Waals surface area contributed by atoms with Crippen LogP contribution in [0.25, 0.3) is 0 Å². The van der Waals surface area contributed by atoms with Gasteiger partial charge in [0.1, 0.15) is 6.61 Å². The van der Waals surface area contributed by atoms with Gasteiger partial charge in [0.15, 0.2) is 27.2 Å². The molecule has 1 fully saturated rings. The molecule has 1 aliphatic heterocycles. The first-order valence-corrected chi connectivity index (χ1v) is 11.2. The summed E-state index contributed by atoms with van der Waals surface area (Å²) < 4.78 is 43.2. The second-order valence-corrected chi connectivity index (χ2v) is 9.51. The molecule has 0 bridgehead atoms. The Balaban J connectivity index is 1.54. The fourth-order valence-corrected chi connectivity index (χ4v) is 5.29. The van der Waals surface area contributed by atoms with Gasteiger partial charge in [-0.2, -0.15) is 0 Å². The minimum Gasteiger partial charge on any atom is -0.482 e. The molecule has 3 rings (SSSR count). The van der Waals surface area contributed by atoms with Crippen LogP contribution in [-0.4, -0.2) is 64.4 Å². The van der Waals surface area contributed by atoms with Crippen LogP contribution in [0.2, 0.25) is 0 Å². The van der Waals surface area contributed by atoms with E-state index in [9.17, 15) is 17.6 Å². The highest BCUT2D eigenvalue weighted by Crippen LogP contribution is 2.21. The summed E-state index contributed by atoms with van der Waals surface area (Å²) in [6.07, 6.45) is 0.444. The molecule has 1 saturated heterocycles. The quantitative estimate of drug-likeness (QED) is 0.497. The molecule has 1 aliphatic rings. The number of benzene rings is 1. The van der Waals surface area contributed by atoms with Crippen molar-refractivity contribution in [3.05, 3.63) is 35.9 Å². The highest BCUT2D eigenvalue weighted by molar-refractivity contribution is 7.99. The third-order valence-corrected chi connectivity index (χ3v) is 7.08. The third kappa shape index (κ3) is 4.73. The van der Waals surface area contributed by atoms with E-state index in [1.807, 2.05) is 0 Å². The normalized spacial score (nSPS) is 18.1. The number of rotatable bonds is 7. The Kier molecular flexibility index (Phi) is 6.08. The number of aromatic nitrogens is 3. The molecule has 2 N–H and O–H groups in total. The molecule has 1 aromatic heterocycles. The third-order valence-electron chi connectivity index (χ3n) is 4.40. The number of carbonyl (C=O) groups excluding carboxylic acids is 1. The van der Waals surface area contributed by atoms with Crippen molar-refractivity contribution in [1.82, 2.24) is 19.8 Å². The highest BCUT2D eigenvalue weighted by atomic mass is 32.2. The number of amides is 1. The van der Waals surface area contributed by atoms with Crippen molar-refractivity contribution in [2.24, 2.45) is 0 Å². The SMILES string of the molecule is CN(C(=O)CSc1nnc(COc2ccccc2F)n1N)[C@H]1CCS(=O)(=O)C1. The van der Waals surface area contributed by atoms with Gasteiger partial charge in [-0.25, -0.2) is 17.5 Å². The topological polar surface area (TPSA) is 120 Å². The molecule has 9 nitrogen and oxygen atoms in total. The van der Waals surface area contributed by atoms with E-state index in [-0.39, 0.29) is 47.4 Å². The first-order valence-electron chi connectivity index (χ1n) is 8.42. The van der Waals surface area contributed by atoms with Crippen LogP contribution in [-0.2, 0) is 21.2 Å². The lowest BCUT2D eigenvalue weighted by molar-refractivity contribution is -0.128. The van der Waals surface area contributed by atoms with Crippen LogP contribution in [0.5, 0.6) is 5.75 Å². The summed E-state index contributed by atoms with van der Waals surface area (Å²) in [6, 6.07) is 5.65. The predicted octanol–water partition coefficient (Wildman–Crippen LogP) is 0.448. The molecule has 0 saturated carbocycles. The lowest BCUT2D eigenvalue weighted by Crippen LogP contribution is -2.38. The van der Waals surface area contributed by atoms with Gasteiger partial charge < -0.3 is 15.5 Å². The molecule has 1 atom stereocenters. The van der Waals surface area contributed by atoms with Crippen LogP contribution in [0.1, 0.15) is 12.2 Å². The van der Waals surface area contributed by atoms with Gasteiger partial charge in [0.2, 0.25) is 11.1 Å². The Bertz CT molecular complexity index is 966. The Hall–Kier alpha value is -2.34. The Morgan fingerprint density at radius 1 is 1.43 bits per heavy atom. The van der Waals surface area contributed by atoms with Crippen molar-refractivity contribution in [3.63, 3.8) is 0 Å². The Morgan fingerprint density at radius 2 is 2.18 bits per heavy atom. The number of thioether (sulfide) groups is 1. The number of nitrogen functional groups attached to an aromatic ring is 1. The monoisotopic (exact) mass is 429 g/mol. The number of halogens is 1. The molecule has 0 spiro atoms. The highest BCUT2D eigenvalue weighted by Gasteiger charge is 2.32. The summed E-state index contributed by atoms with van der Waals surface area (Å²) in [5, 5.41) is 8.11. The van der Waals surface area contributed by atoms with Crippen molar-refractivity contribution >= 4 is 27.5 Å². The zero-order chi connectivity index (χ0) is 20.3. The fourth-order valence-electron chi connectivity index (χ4n) is 2.72. The van der Waals surface area contributed by atoms with E-state index in [0.717, 1.165) is 11.8 Å². The molecular weight excluding hydrogens is 409 g/mol. The summed E-state index contributed by atoms with van der Waals surface area (Å²) in [5.74, 6) is 5.67. The number of hydrogen-bond donors (Lipinski definition) is 1. The van der Waals surface area contributed by atoms with Gasteiger partial charge in [-0.05, 0) is 18.6 Å². The van der Waals surface area contributed by atoms with E-state index in [0.29, 0.717) is 11.6 Å². The van der Waals surface area contributed by atoms with E-state index in [1.54, 1.807) is 19.2 Å². The van der Waals surface area contributed by atoms with E-state index < -0.39 is 15.7 Å². The van der Waals surface area contributed by atoms with Gasteiger partial charge in [-0.1, -0.05) is 23.9 Å². The molecule has 0 aliphatic carbocycles. The minimum atomic E-state index is -3.06. The lowest BCUT2D eigenvalue weighted by Gasteiger charge is -2.23. The largest absolute Gasteiger partial charge is 0.482 e. The average molecular weight is 429 g/mol. The molecule has 28 heavy (non-hydrogen) atoms. The molecule has 12 heteroatoms. The Morgan fingerprint density at radius 3 is 2.86 bits per heavy atom. The van der Waals surface area contributed by atoms with Crippen LogP contribution >= 0.6 is 11.8 Å². The van der Waals surface area contributed by atoms with Crippen molar-refractivity contribution in [1.29, 1.82) is 0 Å². The first-order chi connectivity index (χ1) is 13.3. The van der Waals surface area contributed by atoms with Crippen LogP contribution in [0.3, 0.4) is 0 Å². The van der Waals surface area contributed by atoms with Gasteiger partial charge in [0, 0.05) is 13.1 Å². The average Bonchev–Trinajstić information content (AvgIpc) is 3.20. The molecule has 2 heterocycles. The van der Waals surface area contributed by atoms with E-state index in [4.69, 9.17) is 10.6 Å². The summed E-state index contributed by atoms with van der Waals surface area (Å²) in [5.41, 5.74) is 0. The molecule has 1 aromatic carbocycles. The van der Waals surface area contributed by atoms with Gasteiger partial charge in [0.05, 0.1) is 17.3 Å². The second-order valence-electron chi connectivity index (χ2n) is 6.34. The van der Waals surface area contributed by atoms with Crippen molar-refractivity contribution in [3.8, 4) is 5.75 Å². The zero-order valence-corrected chi connectivity index (χ0v) is 16.7. The summed E-state index contributed by atoms with van der Waals surface area (Å²) >= 11 is 1.08. The predicted molar refractivity (Wildman–Crippen MR) is 101 cm³/mol. The molecule has 0 radical (unpaired) electrons. The molecule has 2 aromatic rings. The van der Waals surface area contributed by atoms with Crippen molar-refractivity contribution in [2.45, 2.75) is 24.2 Å².